The Balaban J connectivity index is 1.92. The van der Waals surface area contributed by atoms with Gasteiger partial charge in [0.05, 0.1) is 5.52 Å². The number of carbonyl (C=O) groups is 1. The van der Waals surface area contributed by atoms with Crippen molar-refractivity contribution in [1.29, 1.82) is 0 Å². The predicted octanol–water partition coefficient (Wildman–Crippen LogP) is 2.46. The highest BCUT2D eigenvalue weighted by Crippen LogP contribution is 2.16. The lowest BCUT2D eigenvalue weighted by Crippen LogP contribution is -2.11. The van der Waals surface area contributed by atoms with Gasteiger partial charge in [-0.2, -0.15) is 0 Å². The molecule has 0 aliphatic carbocycles. The van der Waals surface area contributed by atoms with Gasteiger partial charge in [0.1, 0.15) is 5.82 Å². The van der Waals surface area contributed by atoms with Crippen molar-refractivity contribution in [2.24, 2.45) is 5.73 Å². The number of nitrogens with zero attached hydrogens (tertiary/aromatic N) is 2. The van der Waals surface area contributed by atoms with E-state index in [-0.39, 0.29) is 5.82 Å². The predicted molar refractivity (Wildman–Crippen MR) is 77.3 cm³/mol. The minimum Gasteiger partial charge on any atom is -0.366 e. The minimum atomic E-state index is -0.481. The summed E-state index contributed by atoms with van der Waals surface area (Å²) in [5.74, 6) is -0.788. The van der Waals surface area contributed by atoms with Gasteiger partial charge in [0.25, 0.3) is 0 Å². The van der Waals surface area contributed by atoms with E-state index in [2.05, 4.69) is 9.97 Å². The number of carbonyl (C=O) groups excluding carboxylic acids is 1. The van der Waals surface area contributed by atoms with Crippen LogP contribution < -0.4 is 5.73 Å². The van der Waals surface area contributed by atoms with Crippen LogP contribution in [0.3, 0.4) is 0 Å². The number of hydrogen-bond acceptors (Lipinski definition) is 3. The Hall–Kier alpha value is -2.82. The fourth-order valence-electron chi connectivity index (χ4n) is 2.17. The summed E-state index contributed by atoms with van der Waals surface area (Å²) in [6, 6.07) is 9.66. The lowest BCUT2D eigenvalue weighted by atomic mass is 10.1. The molecule has 0 saturated carbocycles. The summed E-state index contributed by atoms with van der Waals surface area (Å²) >= 11 is 0. The van der Waals surface area contributed by atoms with Crippen molar-refractivity contribution in [3.63, 3.8) is 0 Å². The van der Waals surface area contributed by atoms with Gasteiger partial charge in [-0.1, -0.05) is 0 Å². The molecule has 0 aliphatic heterocycles. The lowest BCUT2D eigenvalue weighted by molar-refractivity contribution is 0.1000. The average molecular weight is 281 g/mol. The molecule has 0 atom stereocenters. The van der Waals surface area contributed by atoms with E-state index in [1.54, 1.807) is 30.6 Å². The van der Waals surface area contributed by atoms with Gasteiger partial charge in [0, 0.05) is 41.5 Å². The number of hydrogen-bond donors (Lipinski definition) is 1. The number of benzene rings is 1. The van der Waals surface area contributed by atoms with Crippen LogP contribution in [-0.2, 0) is 6.42 Å². The Kier molecular flexibility index (Phi) is 3.31. The zero-order valence-corrected chi connectivity index (χ0v) is 11.1. The number of primary amides is 1. The summed E-state index contributed by atoms with van der Waals surface area (Å²) in [5.41, 5.74) is 7.95. The summed E-state index contributed by atoms with van der Waals surface area (Å²) in [5, 5.41) is 0.861. The third-order valence-corrected chi connectivity index (χ3v) is 3.19. The zero-order chi connectivity index (χ0) is 14.8. The first kappa shape index (κ1) is 13.2. The van der Waals surface area contributed by atoms with Gasteiger partial charge in [-0.3, -0.25) is 14.8 Å². The third kappa shape index (κ3) is 2.86. The molecule has 0 aliphatic rings. The van der Waals surface area contributed by atoms with E-state index < -0.39 is 5.91 Å². The molecule has 1 amide bonds. The highest BCUT2D eigenvalue weighted by molar-refractivity contribution is 5.92. The number of halogens is 1. The maximum absolute atomic E-state index is 13.1. The Morgan fingerprint density at radius 2 is 2.00 bits per heavy atom. The maximum atomic E-state index is 13.1. The number of rotatable bonds is 3. The highest BCUT2D eigenvalue weighted by atomic mass is 19.1. The number of pyridine rings is 2. The van der Waals surface area contributed by atoms with E-state index in [0.717, 1.165) is 16.6 Å². The number of nitrogens with two attached hydrogens (primary N) is 1. The normalized spacial score (nSPS) is 10.7. The van der Waals surface area contributed by atoms with Crippen LogP contribution in [0.4, 0.5) is 4.39 Å². The topological polar surface area (TPSA) is 68.9 Å². The second-order valence-corrected chi connectivity index (χ2v) is 4.76. The van der Waals surface area contributed by atoms with Crippen LogP contribution in [0.25, 0.3) is 10.9 Å². The molecule has 2 heterocycles. The molecule has 21 heavy (non-hydrogen) atoms. The maximum Gasteiger partial charge on any atom is 0.248 e. The fraction of sp³-hybridized carbons (Fsp3) is 0.0625. The smallest absolute Gasteiger partial charge is 0.248 e. The van der Waals surface area contributed by atoms with E-state index in [1.165, 1.54) is 12.1 Å². The molecule has 0 spiro atoms. The summed E-state index contributed by atoms with van der Waals surface area (Å²) in [7, 11) is 0. The molecule has 5 heteroatoms. The van der Waals surface area contributed by atoms with Crippen LogP contribution in [0, 0.1) is 5.82 Å². The molecular weight excluding hydrogens is 269 g/mol. The monoisotopic (exact) mass is 281 g/mol. The standard InChI is InChI=1S/C16H12FN3O/c17-13-2-1-11-5-10(9-20-15(11)8-13)6-14-7-12(16(18)21)3-4-19-14/h1-5,7-9H,6H2,(H2,18,21). The second kappa shape index (κ2) is 5.28. The first-order chi connectivity index (χ1) is 10.1. The van der Waals surface area contributed by atoms with Crippen molar-refractivity contribution in [3.8, 4) is 0 Å². The van der Waals surface area contributed by atoms with Crippen molar-refractivity contribution >= 4 is 16.8 Å². The molecule has 3 aromatic rings. The van der Waals surface area contributed by atoms with Crippen molar-refractivity contribution in [2.45, 2.75) is 6.42 Å². The summed E-state index contributed by atoms with van der Waals surface area (Å²) in [6.07, 6.45) is 3.76. The minimum absolute atomic E-state index is 0.307. The summed E-state index contributed by atoms with van der Waals surface area (Å²) < 4.78 is 13.1. The first-order valence-electron chi connectivity index (χ1n) is 6.41. The van der Waals surface area contributed by atoms with E-state index in [4.69, 9.17) is 5.73 Å². The Morgan fingerprint density at radius 1 is 1.14 bits per heavy atom. The number of fused-ring (bicyclic) bond motifs is 1. The van der Waals surface area contributed by atoms with E-state index in [1.807, 2.05) is 6.07 Å². The third-order valence-electron chi connectivity index (χ3n) is 3.19. The lowest BCUT2D eigenvalue weighted by Gasteiger charge is -2.04. The molecule has 2 N–H and O–H groups in total. The Labute approximate surface area is 120 Å². The number of aromatic nitrogens is 2. The second-order valence-electron chi connectivity index (χ2n) is 4.76. The van der Waals surface area contributed by atoms with Crippen molar-refractivity contribution in [3.05, 3.63) is 71.4 Å². The molecule has 2 aromatic heterocycles. The quantitative estimate of drug-likeness (QED) is 0.801. The van der Waals surface area contributed by atoms with Crippen LogP contribution in [0.15, 0.2) is 48.8 Å². The van der Waals surface area contributed by atoms with Crippen molar-refractivity contribution in [2.75, 3.05) is 0 Å². The van der Waals surface area contributed by atoms with Gasteiger partial charge in [-0.05, 0) is 35.9 Å². The molecular formula is C16H12FN3O. The Morgan fingerprint density at radius 3 is 2.81 bits per heavy atom. The SMILES string of the molecule is NC(=O)c1ccnc(Cc2cnc3cc(F)ccc3c2)c1. The van der Waals surface area contributed by atoms with Crippen LogP contribution in [0.2, 0.25) is 0 Å². The molecule has 3 rings (SSSR count). The molecule has 1 aromatic carbocycles. The van der Waals surface area contributed by atoms with Crippen molar-refractivity contribution in [1.82, 2.24) is 9.97 Å². The average Bonchev–Trinajstić information content (AvgIpc) is 2.48. The number of amides is 1. The van der Waals surface area contributed by atoms with Crippen LogP contribution in [0.5, 0.6) is 0 Å². The molecule has 0 unspecified atom stereocenters. The van der Waals surface area contributed by atoms with Gasteiger partial charge >= 0.3 is 0 Å². The highest BCUT2D eigenvalue weighted by Gasteiger charge is 2.05. The van der Waals surface area contributed by atoms with Gasteiger partial charge in [-0.15, -0.1) is 0 Å². The largest absolute Gasteiger partial charge is 0.366 e. The van der Waals surface area contributed by atoms with Gasteiger partial charge in [0.2, 0.25) is 5.91 Å². The molecule has 0 radical (unpaired) electrons. The summed E-state index contributed by atoms with van der Waals surface area (Å²) in [6.45, 7) is 0. The van der Waals surface area contributed by atoms with Gasteiger partial charge in [-0.25, -0.2) is 4.39 Å². The molecule has 0 bridgehead atoms. The molecule has 4 nitrogen and oxygen atoms in total. The van der Waals surface area contributed by atoms with Crippen LogP contribution >= 0.6 is 0 Å². The van der Waals surface area contributed by atoms with Crippen LogP contribution in [0.1, 0.15) is 21.6 Å². The zero-order valence-electron chi connectivity index (χ0n) is 11.1. The van der Waals surface area contributed by atoms with E-state index >= 15 is 0 Å². The van der Waals surface area contributed by atoms with E-state index in [9.17, 15) is 9.18 Å². The fourth-order valence-corrected chi connectivity index (χ4v) is 2.17. The van der Waals surface area contributed by atoms with Gasteiger partial charge < -0.3 is 5.73 Å². The Bertz CT molecular complexity index is 833. The first-order valence-corrected chi connectivity index (χ1v) is 6.41. The van der Waals surface area contributed by atoms with E-state index in [0.29, 0.717) is 17.5 Å². The summed E-state index contributed by atoms with van der Waals surface area (Å²) in [4.78, 5) is 19.6. The van der Waals surface area contributed by atoms with Crippen molar-refractivity contribution < 1.29 is 9.18 Å². The molecule has 104 valence electrons. The van der Waals surface area contributed by atoms with Crippen LogP contribution in [-0.4, -0.2) is 15.9 Å². The van der Waals surface area contributed by atoms with Gasteiger partial charge in [0.15, 0.2) is 0 Å². The molecule has 0 saturated heterocycles. The molecule has 0 fully saturated rings.